The molecule has 3 aromatic heterocycles. The van der Waals surface area contributed by atoms with Crippen molar-refractivity contribution in [2.24, 2.45) is 0 Å². The maximum atomic E-state index is 14.2. The van der Waals surface area contributed by atoms with Crippen LogP contribution in [0.3, 0.4) is 0 Å². The Labute approximate surface area is 259 Å². The number of fused-ring (bicyclic) bond motifs is 3. The van der Waals surface area contributed by atoms with E-state index in [4.69, 9.17) is 44.8 Å². The number of allylic oxidation sites excluding steroid dienone is 1. The maximum Gasteiger partial charge on any atom is 0.277 e. The lowest BCUT2D eigenvalue weighted by atomic mass is 9.84. The molecule has 0 aliphatic heterocycles. The van der Waals surface area contributed by atoms with Gasteiger partial charge >= 0.3 is 0 Å². The average molecular weight is 629 g/mol. The Hall–Kier alpha value is -3.81. The second-order valence-electron chi connectivity index (χ2n) is 10.1. The van der Waals surface area contributed by atoms with E-state index in [-0.39, 0.29) is 0 Å². The first-order valence-electron chi connectivity index (χ1n) is 13.3. The lowest BCUT2D eigenvalue weighted by Crippen LogP contribution is -2.31. The van der Waals surface area contributed by atoms with E-state index in [9.17, 15) is 9.59 Å². The van der Waals surface area contributed by atoms with Gasteiger partial charge in [-0.25, -0.2) is 9.38 Å². The molecule has 0 saturated heterocycles. The van der Waals surface area contributed by atoms with Gasteiger partial charge in [0.25, 0.3) is 11.1 Å². The Morgan fingerprint density at radius 2 is 1.31 bits per heavy atom. The monoisotopic (exact) mass is 627 g/mol. The van der Waals surface area contributed by atoms with E-state index in [1.807, 2.05) is 48.5 Å². The van der Waals surface area contributed by atoms with Crippen molar-refractivity contribution in [3.05, 3.63) is 135 Å². The van der Waals surface area contributed by atoms with Crippen LogP contribution in [0.25, 0.3) is 44.8 Å². The standard InChI is InChI=1S/C33H20Cl3N3O2S/c34-22-10-4-18(5-11-22)16-21-2-1-3-25-27(20-8-14-24(36)15-9-20)28-30(37-29(21)25)38-33-39(32(28)41)31(40)26(42-33)17-19-6-12-23(35)13-7-19/h4-17H,1-3H2/b21-16+,26-17-. The van der Waals surface area contributed by atoms with E-state index in [1.165, 1.54) is 0 Å². The number of aromatic nitrogens is 3. The van der Waals surface area contributed by atoms with Crippen molar-refractivity contribution in [1.82, 2.24) is 14.4 Å². The van der Waals surface area contributed by atoms with E-state index in [0.29, 0.717) is 35.6 Å². The summed E-state index contributed by atoms with van der Waals surface area (Å²) in [6.45, 7) is 0. The van der Waals surface area contributed by atoms with E-state index in [1.54, 1.807) is 30.3 Å². The Kier molecular flexibility index (Phi) is 6.95. The van der Waals surface area contributed by atoms with Crippen LogP contribution in [0, 0.1) is 0 Å². The van der Waals surface area contributed by atoms with Crippen molar-refractivity contribution in [2.45, 2.75) is 19.3 Å². The first kappa shape index (κ1) is 27.0. The van der Waals surface area contributed by atoms with Crippen molar-refractivity contribution in [3.8, 4) is 11.1 Å². The van der Waals surface area contributed by atoms with E-state index >= 15 is 0 Å². The van der Waals surface area contributed by atoms with Crippen molar-refractivity contribution in [2.75, 3.05) is 0 Å². The highest BCUT2D eigenvalue weighted by Gasteiger charge is 2.26. The summed E-state index contributed by atoms with van der Waals surface area (Å²) in [6.07, 6.45) is 6.32. The number of nitrogens with zero attached hydrogens (tertiary/aromatic N) is 3. The van der Waals surface area contributed by atoms with Crippen LogP contribution in [-0.4, -0.2) is 14.4 Å². The van der Waals surface area contributed by atoms with Gasteiger partial charge in [-0.2, -0.15) is 4.98 Å². The normalized spacial score (nSPS) is 14.6. The molecular formula is C33H20Cl3N3O2S. The van der Waals surface area contributed by atoms with Crippen LogP contribution >= 0.6 is 46.1 Å². The molecule has 7 rings (SSSR count). The minimum Gasteiger partial charge on any atom is -0.268 e. The van der Waals surface area contributed by atoms with Crippen LogP contribution in [0.1, 0.15) is 35.2 Å². The molecule has 206 valence electrons. The van der Waals surface area contributed by atoms with Gasteiger partial charge in [-0.15, -0.1) is 0 Å². The number of pyridine rings is 1. The number of hydrogen-bond donors (Lipinski definition) is 0. The second kappa shape index (κ2) is 10.8. The fraction of sp³-hybridized carbons (Fsp3) is 0.0909. The molecule has 0 spiro atoms. The predicted octanol–water partition coefficient (Wildman–Crippen LogP) is 7.72. The molecule has 3 heterocycles. The molecule has 9 heteroatoms. The van der Waals surface area contributed by atoms with Gasteiger partial charge in [0.2, 0.25) is 4.96 Å². The third-order valence-corrected chi connectivity index (χ3v) is 9.12. The van der Waals surface area contributed by atoms with Crippen molar-refractivity contribution < 1.29 is 0 Å². The van der Waals surface area contributed by atoms with Gasteiger partial charge in [-0.3, -0.25) is 9.59 Å². The summed E-state index contributed by atoms with van der Waals surface area (Å²) in [5, 5.41) is 2.19. The zero-order valence-corrected chi connectivity index (χ0v) is 25.0. The van der Waals surface area contributed by atoms with Gasteiger partial charge < -0.3 is 0 Å². The molecule has 1 aliphatic rings. The molecule has 0 saturated carbocycles. The topological polar surface area (TPSA) is 64.3 Å². The number of benzene rings is 3. The summed E-state index contributed by atoms with van der Waals surface area (Å²) in [5.74, 6) is 0. The molecule has 0 bridgehead atoms. The summed E-state index contributed by atoms with van der Waals surface area (Å²) >= 11 is 19.5. The van der Waals surface area contributed by atoms with Crippen molar-refractivity contribution >= 4 is 79.9 Å². The van der Waals surface area contributed by atoms with Crippen LogP contribution in [0.15, 0.2) is 82.4 Å². The summed E-state index contributed by atoms with van der Waals surface area (Å²) in [5.41, 5.74) is 5.69. The summed E-state index contributed by atoms with van der Waals surface area (Å²) in [6, 6.07) is 22.2. The number of halogens is 3. The van der Waals surface area contributed by atoms with Crippen LogP contribution in [-0.2, 0) is 6.42 Å². The van der Waals surface area contributed by atoms with Gasteiger partial charge in [0, 0.05) is 20.6 Å². The first-order chi connectivity index (χ1) is 20.4. The van der Waals surface area contributed by atoms with Crippen LogP contribution < -0.4 is 15.7 Å². The van der Waals surface area contributed by atoms with Gasteiger partial charge in [0.1, 0.15) is 0 Å². The zero-order chi connectivity index (χ0) is 29.0. The zero-order valence-electron chi connectivity index (χ0n) is 21.9. The van der Waals surface area contributed by atoms with Gasteiger partial charge in [-0.05, 0) is 95.6 Å². The molecule has 0 atom stereocenters. The van der Waals surface area contributed by atoms with E-state index < -0.39 is 11.1 Å². The van der Waals surface area contributed by atoms with Crippen molar-refractivity contribution in [1.29, 1.82) is 0 Å². The number of hydrogen-bond acceptors (Lipinski definition) is 5. The fourth-order valence-electron chi connectivity index (χ4n) is 5.45. The van der Waals surface area contributed by atoms with E-state index in [0.717, 1.165) is 74.1 Å². The quantitative estimate of drug-likeness (QED) is 0.201. The minimum absolute atomic E-state index is 0.297. The Bertz CT molecular complexity index is 2220. The number of thiazole rings is 1. The van der Waals surface area contributed by atoms with Gasteiger partial charge in [0.05, 0.1) is 15.6 Å². The number of rotatable bonds is 3. The molecule has 5 nitrogen and oxygen atoms in total. The largest absolute Gasteiger partial charge is 0.277 e. The summed E-state index contributed by atoms with van der Waals surface area (Å²) in [4.78, 5) is 37.8. The molecule has 1 aliphatic carbocycles. The molecule has 42 heavy (non-hydrogen) atoms. The summed E-state index contributed by atoms with van der Waals surface area (Å²) < 4.78 is 1.56. The molecule has 0 radical (unpaired) electrons. The highest BCUT2D eigenvalue weighted by molar-refractivity contribution is 7.15. The fourth-order valence-corrected chi connectivity index (χ4v) is 6.79. The highest BCUT2D eigenvalue weighted by Crippen LogP contribution is 2.40. The molecule has 6 aromatic rings. The van der Waals surface area contributed by atoms with Gasteiger partial charge in [0.15, 0.2) is 5.65 Å². The lowest BCUT2D eigenvalue weighted by molar-refractivity contribution is 0.815. The average Bonchev–Trinajstić information content (AvgIpc) is 3.30. The molecule has 0 fully saturated rings. The predicted molar refractivity (Wildman–Crippen MR) is 174 cm³/mol. The van der Waals surface area contributed by atoms with Crippen LogP contribution in [0.2, 0.25) is 15.1 Å². The molecule has 0 unspecified atom stereocenters. The lowest BCUT2D eigenvalue weighted by Gasteiger charge is -2.23. The Morgan fingerprint density at radius 3 is 1.95 bits per heavy atom. The van der Waals surface area contributed by atoms with Crippen LogP contribution in [0.5, 0.6) is 0 Å². The second-order valence-corrected chi connectivity index (χ2v) is 12.4. The Balaban J connectivity index is 1.54. The molecule has 0 amide bonds. The SMILES string of the molecule is O=c1/c(=C/c2ccc(Cl)cc2)sc2nc3nc4c(c(-c5ccc(Cl)cc5)c3c(=O)n12)CCC/C4=C\c1ccc(Cl)cc1. The molecular weight excluding hydrogens is 609 g/mol. The smallest absolute Gasteiger partial charge is 0.268 e. The third-order valence-electron chi connectivity index (χ3n) is 7.39. The minimum atomic E-state index is -0.430. The van der Waals surface area contributed by atoms with Gasteiger partial charge in [-0.1, -0.05) is 82.5 Å². The third kappa shape index (κ3) is 4.84. The van der Waals surface area contributed by atoms with Crippen LogP contribution in [0.4, 0.5) is 0 Å². The first-order valence-corrected chi connectivity index (χ1v) is 15.2. The molecule has 3 aromatic carbocycles. The molecule has 0 N–H and O–H groups in total. The highest BCUT2D eigenvalue weighted by atomic mass is 35.5. The Morgan fingerprint density at radius 1 is 0.714 bits per heavy atom. The van der Waals surface area contributed by atoms with Crippen molar-refractivity contribution in [3.63, 3.8) is 0 Å². The maximum absolute atomic E-state index is 14.2. The van der Waals surface area contributed by atoms with E-state index in [2.05, 4.69) is 6.08 Å². The summed E-state index contributed by atoms with van der Waals surface area (Å²) in [7, 11) is 0.